The van der Waals surface area contributed by atoms with Crippen LogP contribution in [0.4, 0.5) is 0 Å². The fourth-order valence-corrected chi connectivity index (χ4v) is 2.24. The van der Waals surface area contributed by atoms with Crippen LogP contribution in [0, 0.1) is 0 Å². The van der Waals surface area contributed by atoms with Crippen LogP contribution >= 0.6 is 0 Å². The fourth-order valence-electron chi connectivity index (χ4n) is 2.24. The molecule has 0 aromatic heterocycles. The number of rotatable bonds is 15. The maximum absolute atomic E-state index is 11.2. The number of aliphatic hydroxyl groups excluding tert-OH is 1. The minimum atomic E-state index is -0.964. The van der Waals surface area contributed by atoms with Gasteiger partial charge in [-0.3, -0.25) is 0 Å². The lowest BCUT2D eigenvalue weighted by Gasteiger charge is -2.02. The highest BCUT2D eigenvalue weighted by Gasteiger charge is 2.07. The molecule has 0 atom stereocenters. The van der Waals surface area contributed by atoms with E-state index in [1.54, 1.807) is 0 Å². The van der Waals surface area contributed by atoms with Crippen LogP contribution < -0.4 is 0 Å². The summed E-state index contributed by atoms with van der Waals surface area (Å²) in [5, 5.41) is 8.39. The van der Waals surface area contributed by atoms with E-state index in [0.717, 1.165) is 38.5 Å². The Morgan fingerprint density at radius 1 is 0.760 bits per heavy atom. The fraction of sp³-hybridized carbons (Fsp3) is 0.700. The van der Waals surface area contributed by atoms with Gasteiger partial charge in [0.25, 0.3) is 0 Å². The molecule has 1 N–H and O–H groups in total. The van der Waals surface area contributed by atoms with E-state index >= 15 is 0 Å². The second-order valence-corrected chi connectivity index (χ2v) is 6.05. The van der Waals surface area contributed by atoms with Gasteiger partial charge in [0.2, 0.25) is 0 Å². The molecule has 0 heterocycles. The Hall–Kier alpha value is -1.62. The van der Waals surface area contributed by atoms with Gasteiger partial charge in [-0.25, -0.2) is 19.4 Å². The second kappa shape index (κ2) is 18.7. The molecule has 0 aromatic rings. The molecule has 5 heteroatoms. The number of aliphatic hydroxyl groups is 1. The highest BCUT2D eigenvalue weighted by Crippen LogP contribution is 2.08. The van der Waals surface area contributed by atoms with Gasteiger partial charge in [0.15, 0.2) is 0 Å². The van der Waals surface area contributed by atoms with Crippen molar-refractivity contribution in [2.75, 3.05) is 6.61 Å². The first-order valence-corrected chi connectivity index (χ1v) is 9.51. The van der Waals surface area contributed by atoms with Crippen molar-refractivity contribution in [3.8, 4) is 0 Å². The molecule has 0 saturated heterocycles. The molecular weight excluding hydrogens is 320 g/mol. The number of hydrogen-bond donors (Lipinski definition) is 1. The Kier molecular flexibility index (Phi) is 17.5. The van der Waals surface area contributed by atoms with Crippen LogP contribution in [-0.4, -0.2) is 23.7 Å². The molecule has 0 aliphatic rings. The molecule has 25 heavy (non-hydrogen) atoms. The van der Waals surface area contributed by atoms with Gasteiger partial charge in [-0.05, 0) is 38.5 Å². The summed E-state index contributed by atoms with van der Waals surface area (Å²) in [6.07, 6.45) is 21.5. The zero-order valence-electron chi connectivity index (χ0n) is 15.6. The Labute approximate surface area is 152 Å². The van der Waals surface area contributed by atoms with Crippen LogP contribution in [0.1, 0.15) is 84.0 Å². The van der Waals surface area contributed by atoms with Crippen LogP contribution in [-0.2, 0) is 19.4 Å². The summed E-state index contributed by atoms with van der Waals surface area (Å²) >= 11 is 0. The van der Waals surface area contributed by atoms with Gasteiger partial charge < -0.3 is 5.11 Å². The number of carbonyl (C=O) groups excluding carboxylic acids is 2. The molecule has 144 valence electrons. The molecule has 0 aliphatic heterocycles. The first-order chi connectivity index (χ1) is 12.2. The number of hydrogen-bond acceptors (Lipinski definition) is 5. The van der Waals surface area contributed by atoms with Crippen molar-refractivity contribution in [1.82, 2.24) is 0 Å². The van der Waals surface area contributed by atoms with Gasteiger partial charge in [0.1, 0.15) is 6.61 Å². The lowest BCUT2D eigenvalue weighted by Crippen LogP contribution is -2.13. The lowest BCUT2D eigenvalue weighted by atomic mass is 10.1. The molecule has 0 bridgehead atoms. The van der Waals surface area contributed by atoms with Gasteiger partial charge in [-0.2, -0.15) is 0 Å². The normalized spacial score (nSPS) is 11.3. The van der Waals surface area contributed by atoms with Crippen molar-refractivity contribution in [3.05, 3.63) is 24.3 Å². The first kappa shape index (κ1) is 23.4. The van der Waals surface area contributed by atoms with Crippen molar-refractivity contribution in [2.45, 2.75) is 84.0 Å². The van der Waals surface area contributed by atoms with Gasteiger partial charge in [0.05, 0.1) is 6.42 Å². The second-order valence-electron chi connectivity index (χ2n) is 6.05. The molecular formula is C20H34O5. The third-order valence-electron chi connectivity index (χ3n) is 3.69. The predicted molar refractivity (Wildman–Crippen MR) is 98.6 cm³/mol. The van der Waals surface area contributed by atoms with Gasteiger partial charge in [-0.1, -0.05) is 63.3 Å². The smallest absolute Gasteiger partial charge is 0.380 e. The van der Waals surface area contributed by atoms with E-state index in [9.17, 15) is 9.59 Å². The molecule has 0 amide bonds. The summed E-state index contributed by atoms with van der Waals surface area (Å²) in [7, 11) is 0. The average Bonchev–Trinajstić information content (AvgIpc) is 2.62. The van der Waals surface area contributed by atoms with E-state index in [1.165, 1.54) is 25.7 Å². The molecule has 0 rings (SSSR count). The summed E-state index contributed by atoms with van der Waals surface area (Å²) in [5.74, 6) is -1.54. The largest absolute Gasteiger partial charge is 0.384 e. The van der Waals surface area contributed by atoms with Crippen LogP contribution in [0.2, 0.25) is 0 Å². The molecule has 0 unspecified atom stereocenters. The molecule has 0 saturated carbocycles. The van der Waals surface area contributed by atoms with E-state index in [0.29, 0.717) is 6.42 Å². The zero-order chi connectivity index (χ0) is 18.6. The minimum absolute atomic E-state index is 0.225. The summed E-state index contributed by atoms with van der Waals surface area (Å²) in [5.41, 5.74) is 0. The summed E-state index contributed by atoms with van der Waals surface area (Å²) in [6.45, 7) is 1.43. The van der Waals surface area contributed by atoms with E-state index in [1.807, 2.05) is 0 Å². The van der Waals surface area contributed by atoms with Gasteiger partial charge in [-0.15, -0.1) is 0 Å². The lowest BCUT2D eigenvalue weighted by molar-refractivity contribution is -0.260. The van der Waals surface area contributed by atoms with Crippen LogP contribution in [0.15, 0.2) is 24.3 Å². The van der Waals surface area contributed by atoms with Crippen molar-refractivity contribution < 1.29 is 24.5 Å². The van der Waals surface area contributed by atoms with E-state index in [2.05, 4.69) is 41.0 Å². The van der Waals surface area contributed by atoms with E-state index in [4.69, 9.17) is 5.11 Å². The monoisotopic (exact) mass is 354 g/mol. The molecule has 0 aromatic carbocycles. The Bertz CT molecular complexity index is 388. The number of unbranched alkanes of at least 4 members (excludes halogenated alkanes) is 8. The topological polar surface area (TPSA) is 72.8 Å². The molecule has 0 aliphatic carbocycles. The summed E-state index contributed by atoms with van der Waals surface area (Å²) in [4.78, 5) is 30.1. The quantitative estimate of drug-likeness (QED) is 0.198. The molecule has 5 nitrogen and oxygen atoms in total. The summed E-state index contributed by atoms with van der Waals surface area (Å²) < 4.78 is 0. The standard InChI is InChI=1S/C20H34O5/c1-2-3-4-5-6-7-8-9-10-11-12-13-14-15-16-17-19(22)24-25-20(23)18-21/h6-7,9-10,21H,2-5,8,11-18H2,1H3/b7-6-,10-9-. The van der Waals surface area contributed by atoms with Gasteiger partial charge in [0, 0.05) is 0 Å². The SMILES string of the molecule is CCCCC/C=C\C/C=C\CCCCCCCC(=O)OOC(=O)CO. The Morgan fingerprint density at radius 3 is 1.96 bits per heavy atom. The van der Waals surface area contributed by atoms with Crippen molar-refractivity contribution in [3.63, 3.8) is 0 Å². The highest BCUT2D eigenvalue weighted by atomic mass is 17.2. The Morgan fingerprint density at radius 2 is 1.32 bits per heavy atom. The molecule has 0 spiro atoms. The van der Waals surface area contributed by atoms with E-state index in [-0.39, 0.29) is 6.42 Å². The van der Waals surface area contributed by atoms with Crippen molar-refractivity contribution in [2.24, 2.45) is 0 Å². The summed E-state index contributed by atoms with van der Waals surface area (Å²) in [6, 6.07) is 0. The third-order valence-corrected chi connectivity index (χ3v) is 3.69. The molecule has 0 radical (unpaired) electrons. The highest BCUT2D eigenvalue weighted by molar-refractivity contribution is 5.73. The first-order valence-electron chi connectivity index (χ1n) is 9.51. The third kappa shape index (κ3) is 18.6. The van der Waals surface area contributed by atoms with Crippen molar-refractivity contribution >= 4 is 11.9 Å². The maximum Gasteiger partial charge on any atom is 0.380 e. The number of allylic oxidation sites excluding steroid dienone is 4. The zero-order valence-corrected chi connectivity index (χ0v) is 15.6. The van der Waals surface area contributed by atoms with E-state index < -0.39 is 18.5 Å². The number of carbonyl (C=O) groups is 2. The van der Waals surface area contributed by atoms with Gasteiger partial charge >= 0.3 is 11.9 Å². The van der Waals surface area contributed by atoms with Crippen LogP contribution in [0.5, 0.6) is 0 Å². The predicted octanol–water partition coefficient (Wildman–Crippen LogP) is 4.79. The minimum Gasteiger partial charge on any atom is -0.384 e. The average molecular weight is 354 g/mol. The molecule has 0 fully saturated rings. The van der Waals surface area contributed by atoms with Crippen molar-refractivity contribution in [1.29, 1.82) is 0 Å². The van der Waals surface area contributed by atoms with Crippen LogP contribution in [0.25, 0.3) is 0 Å². The van der Waals surface area contributed by atoms with Crippen LogP contribution in [0.3, 0.4) is 0 Å². The maximum atomic E-state index is 11.2. The Balaban J connectivity index is 3.31.